The fourth-order valence-corrected chi connectivity index (χ4v) is 4.77. The number of rotatable bonds is 13. The van der Waals surface area contributed by atoms with E-state index in [1.807, 2.05) is 44.3 Å². The van der Waals surface area contributed by atoms with Gasteiger partial charge in [0.15, 0.2) is 5.78 Å². The summed E-state index contributed by atoms with van der Waals surface area (Å²) < 4.78 is 7.78. The Hall–Kier alpha value is -3.20. The molecule has 0 aliphatic rings. The third kappa shape index (κ3) is 8.65. The van der Waals surface area contributed by atoms with Crippen molar-refractivity contribution in [3.63, 3.8) is 0 Å². The largest absolute Gasteiger partial charge is 0.489 e. The molecule has 8 nitrogen and oxygen atoms in total. The standard InChI is InChI=1S/C31H41ClN4O4/c1-20(2)40-28-11-10-24(16-25(28)32)27(38)15-22(17-34-29(39)19-37)14-21-6-8-23(9-7-21)26-18-36(13-12-33)30(35-26)31(3,4)5/h6-11,16,18,20,22,37H,12-15,17,19,33H2,1-5H3,(H,34,39)/t22-/m1/s1. The normalized spacial score (nSPS) is 12.4. The summed E-state index contributed by atoms with van der Waals surface area (Å²) in [5, 5.41) is 12.2. The van der Waals surface area contributed by atoms with E-state index in [4.69, 9.17) is 32.2 Å². The summed E-state index contributed by atoms with van der Waals surface area (Å²) in [7, 11) is 0. The molecule has 0 saturated heterocycles. The van der Waals surface area contributed by atoms with Gasteiger partial charge in [0.25, 0.3) is 0 Å². The maximum atomic E-state index is 13.2. The Morgan fingerprint density at radius 2 is 1.85 bits per heavy atom. The van der Waals surface area contributed by atoms with Gasteiger partial charge in [0, 0.05) is 48.8 Å². The number of nitrogens with zero attached hydrogens (tertiary/aromatic N) is 2. The highest BCUT2D eigenvalue weighted by Gasteiger charge is 2.22. The summed E-state index contributed by atoms with van der Waals surface area (Å²) in [6.07, 6.45) is 2.77. The highest BCUT2D eigenvalue weighted by atomic mass is 35.5. The number of hydrogen-bond donors (Lipinski definition) is 3. The zero-order chi connectivity index (χ0) is 29.4. The number of imidazole rings is 1. The lowest BCUT2D eigenvalue weighted by molar-refractivity contribution is -0.124. The molecule has 9 heteroatoms. The van der Waals surface area contributed by atoms with Crippen LogP contribution in [-0.4, -0.2) is 52.1 Å². The van der Waals surface area contributed by atoms with Crippen molar-refractivity contribution in [2.75, 3.05) is 19.7 Å². The van der Waals surface area contributed by atoms with Gasteiger partial charge >= 0.3 is 0 Å². The third-order valence-corrected chi connectivity index (χ3v) is 6.71. The van der Waals surface area contributed by atoms with Crippen LogP contribution in [0.25, 0.3) is 11.3 Å². The van der Waals surface area contributed by atoms with Gasteiger partial charge in [-0.15, -0.1) is 0 Å². The molecule has 1 heterocycles. The molecular formula is C31H41ClN4O4. The van der Waals surface area contributed by atoms with Gasteiger partial charge in [0.2, 0.25) is 5.91 Å². The average molecular weight is 569 g/mol. The molecule has 0 saturated carbocycles. The van der Waals surface area contributed by atoms with E-state index in [0.29, 0.717) is 35.8 Å². The molecular weight excluding hydrogens is 528 g/mol. The Morgan fingerprint density at radius 3 is 2.42 bits per heavy atom. The van der Waals surface area contributed by atoms with Crippen LogP contribution in [0.4, 0.5) is 0 Å². The third-order valence-electron chi connectivity index (χ3n) is 6.41. The van der Waals surface area contributed by atoms with Crippen LogP contribution in [0.3, 0.4) is 0 Å². The number of aliphatic hydroxyl groups is 1. The Balaban J connectivity index is 1.77. The smallest absolute Gasteiger partial charge is 0.245 e. The number of ketones is 1. The molecule has 216 valence electrons. The van der Waals surface area contributed by atoms with Crippen molar-refractivity contribution < 1.29 is 19.4 Å². The second-order valence-corrected chi connectivity index (χ2v) is 11.8. The number of carbonyl (C=O) groups excluding carboxylic acids is 2. The van der Waals surface area contributed by atoms with E-state index in [1.165, 1.54) is 0 Å². The van der Waals surface area contributed by atoms with E-state index >= 15 is 0 Å². The van der Waals surface area contributed by atoms with Crippen LogP contribution in [0.15, 0.2) is 48.7 Å². The van der Waals surface area contributed by atoms with Crippen LogP contribution in [-0.2, 0) is 23.2 Å². The first-order valence-electron chi connectivity index (χ1n) is 13.6. The fourth-order valence-electron chi connectivity index (χ4n) is 4.54. The van der Waals surface area contributed by atoms with Gasteiger partial charge in [0.05, 0.1) is 16.8 Å². The predicted molar refractivity (Wildman–Crippen MR) is 159 cm³/mol. The van der Waals surface area contributed by atoms with Crippen molar-refractivity contribution in [1.82, 2.24) is 14.9 Å². The second kappa shape index (κ2) is 13.9. The maximum absolute atomic E-state index is 13.2. The molecule has 0 spiro atoms. The lowest BCUT2D eigenvalue weighted by atomic mass is 9.91. The first kappa shape index (κ1) is 31.3. The summed E-state index contributed by atoms with van der Waals surface area (Å²) in [6, 6.07) is 13.1. The Kier molecular flexibility index (Phi) is 10.9. The van der Waals surface area contributed by atoms with Gasteiger partial charge in [-0.3, -0.25) is 9.59 Å². The van der Waals surface area contributed by atoms with E-state index in [0.717, 1.165) is 22.6 Å². The predicted octanol–water partition coefficient (Wildman–Crippen LogP) is 4.79. The molecule has 0 unspecified atom stereocenters. The van der Waals surface area contributed by atoms with E-state index in [1.54, 1.807) is 18.2 Å². The summed E-state index contributed by atoms with van der Waals surface area (Å²) in [5.41, 5.74) is 9.09. The number of nitrogens with one attached hydrogen (secondary N) is 1. The number of aromatic nitrogens is 2. The summed E-state index contributed by atoms with van der Waals surface area (Å²) >= 11 is 6.35. The van der Waals surface area contributed by atoms with Crippen LogP contribution in [0.1, 0.15) is 62.8 Å². The number of amides is 1. The van der Waals surface area contributed by atoms with E-state index in [-0.39, 0.29) is 36.2 Å². The molecule has 0 aliphatic carbocycles. The Labute approximate surface area is 241 Å². The zero-order valence-corrected chi connectivity index (χ0v) is 24.8. The number of hydrogen-bond acceptors (Lipinski definition) is 6. The number of Topliss-reactive ketones (excluding diaryl/α,β-unsaturated/α-hetero) is 1. The summed E-state index contributed by atoms with van der Waals surface area (Å²) in [5.74, 6) is 0.768. The number of nitrogens with two attached hydrogens (primary N) is 1. The molecule has 4 N–H and O–H groups in total. The van der Waals surface area contributed by atoms with Crippen LogP contribution in [0, 0.1) is 5.92 Å². The quantitative estimate of drug-likeness (QED) is 0.255. The van der Waals surface area contributed by atoms with Gasteiger partial charge in [-0.05, 0) is 49.9 Å². The van der Waals surface area contributed by atoms with E-state index < -0.39 is 12.5 Å². The maximum Gasteiger partial charge on any atom is 0.245 e. The van der Waals surface area contributed by atoms with Gasteiger partial charge in [0.1, 0.15) is 18.2 Å². The van der Waals surface area contributed by atoms with Crippen molar-refractivity contribution in [3.05, 3.63) is 70.6 Å². The molecule has 40 heavy (non-hydrogen) atoms. The average Bonchev–Trinajstić information content (AvgIpc) is 3.33. The number of benzene rings is 2. The van der Waals surface area contributed by atoms with Crippen LogP contribution >= 0.6 is 11.6 Å². The Morgan fingerprint density at radius 1 is 1.15 bits per heavy atom. The van der Waals surface area contributed by atoms with E-state index in [2.05, 4.69) is 30.7 Å². The van der Waals surface area contributed by atoms with Gasteiger partial charge in [-0.1, -0.05) is 56.6 Å². The molecule has 1 aromatic heterocycles. The molecule has 3 rings (SSSR count). The number of aliphatic hydroxyl groups excluding tert-OH is 1. The summed E-state index contributed by atoms with van der Waals surface area (Å²) in [4.78, 5) is 29.8. The first-order valence-corrected chi connectivity index (χ1v) is 14.0. The molecule has 0 aliphatic heterocycles. The molecule has 2 aromatic carbocycles. The highest BCUT2D eigenvalue weighted by molar-refractivity contribution is 6.32. The number of halogens is 1. The van der Waals surface area contributed by atoms with Crippen LogP contribution < -0.4 is 15.8 Å². The molecule has 1 atom stereocenters. The van der Waals surface area contributed by atoms with Crippen molar-refractivity contribution in [2.24, 2.45) is 11.7 Å². The zero-order valence-electron chi connectivity index (χ0n) is 24.0. The Bertz CT molecular complexity index is 1300. The first-order chi connectivity index (χ1) is 18.9. The van der Waals surface area contributed by atoms with Gasteiger partial charge < -0.3 is 25.5 Å². The van der Waals surface area contributed by atoms with Crippen molar-refractivity contribution in [2.45, 2.75) is 65.5 Å². The fraction of sp³-hybridized carbons (Fsp3) is 0.452. The minimum Gasteiger partial charge on any atom is -0.489 e. The minimum absolute atomic E-state index is 0.0351. The van der Waals surface area contributed by atoms with Gasteiger partial charge in [-0.25, -0.2) is 4.98 Å². The number of ether oxygens (including phenoxy) is 1. The molecule has 0 fully saturated rings. The van der Waals surface area contributed by atoms with Crippen LogP contribution in [0.5, 0.6) is 5.75 Å². The monoisotopic (exact) mass is 568 g/mol. The van der Waals surface area contributed by atoms with Crippen molar-refractivity contribution in [3.8, 4) is 17.0 Å². The summed E-state index contributed by atoms with van der Waals surface area (Å²) in [6.45, 7) is 11.1. The second-order valence-electron chi connectivity index (χ2n) is 11.4. The lowest BCUT2D eigenvalue weighted by Gasteiger charge is -2.19. The number of carbonyl (C=O) groups is 2. The van der Waals surface area contributed by atoms with E-state index in [9.17, 15) is 9.59 Å². The molecule has 1 amide bonds. The minimum atomic E-state index is -0.602. The topological polar surface area (TPSA) is 119 Å². The molecule has 0 bridgehead atoms. The highest BCUT2D eigenvalue weighted by Crippen LogP contribution is 2.29. The van der Waals surface area contributed by atoms with Crippen LogP contribution in [0.2, 0.25) is 5.02 Å². The SMILES string of the molecule is CC(C)Oc1ccc(C(=O)C[C@H](CNC(=O)CO)Cc2ccc(-c3cn(CCN)c(C(C)(C)C)n3)cc2)cc1Cl. The van der Waals surface area contributed by atoms with Crippen molar-refractivity contribution >= 4 is 23.3 Å². The molecule has 3 aromatic rings. The lowest BCUT2D eigenvalue weighted by Crippen LogP contribution is -2.33. The van der Waals surface area contributed by atoms with Gasteiger partial charge in [-0.2, -0.15) is 0 Å². The van der Waals surface area contributed by atoms with Crippen molar-refractivity contribution in [1.29, 1.82) is 0 Å². The molecule has 0 radical (unpaired) electrons.